The van der Waals surface area contributed by atoms with Gasteiger partial charge in [0.15, 0.2) is 0 Å². The summed E-state index contributed by atoms with van der Waals surface area (Å²) in [4.78, 5) is 0. The number of hydrogen-bond donors (Lipinski definition) is 1. The average Bonchev–Trinajstić information content (AvgIpc) is 2.46. The van der Waals surface area contributed by atoms with Gasteiger partial charge in [0.1, 0.15) is 0 Å². The van der Waals surface area contributed by atoms with Crippen LogP contribution in [0.2, 0.25) is 0 Å². The predicted octanol–water partition coefficient (Wildman–Crippen LogP) is 3.52. The molecule has 1 saturated carbocycles. The molecule has 1 aliphatic carbocycles. The highest BCUT2D eigenvalue weighted by Crippen LogP contribution is 2.40. The normalized spacial score (nSPS) is 31.0. The largest absolute Gasteiger partial charge is 0.381 e. The summed E-state index contributed by atoms with van der Waals surface area (Å²) in [6.45, 7) is 6.19. The van der Waals surface area contributed by atoms with E-state index in [-0.39, 0.29) is 5.60 Å². The lowest BCUT2D eigenvalue weighted by Crippen LogP contribution is -2.50. The summed E-state index contributed by atoms with van der Waals surface area (Å²) in [5.74, 6) is 1.80. The summed E-state index contributed by atoms with van der Waals surface area (Å²) >= 11 is 0. The van der Waals surface area contributed by atoms with Crippen molar-refractivity contribution in [3.8, 4) is 0 Å². The van der Waals surface area contributed by atoms with Crippen LogP contribution >= 0.6 is 0 Å². The van der Waals surface area contributed by atoms with Gasteiger partial charge >= 0.3 is 0 Å². The Morgan fingerprint density at radius 2 is 1.95 bits per heavy atom. The van der Waals surface area contributed by atoms with Crippen molar-refractivity contribution in [2.75, 3.05) is 26.4 Å². The molecule has 2 atom stereocenters. The van der Waals surface area contributed by atoms with E-state index in [0.717, 1.165) is 50.5 Å². The van der Waals surface area contributed by atoms with Crippen molar-refractivity contribution in [1.82, 2.24) is 5.32 Å². The summed E-state index contributed by atoms with van der Waals surface area (Å²) in [6, 6.07) is 0.721. The van der Waals surface area contributed by atoms with Crippen molar-refractivity contribution in [2.24, 2.45) is 11.8 Å². The first-order valence-electron chi connectivity index (χ1n) is 9.26. The highest BCUT2D eigenvalue weighted by atomic mass is 16.5. The molecule has 0 bridgehead atoms. The quantitative estimate of drug-likeness (QED) is 0.813. The minimum atomic E-state index is 0.146. The first-order chi connectivity index (χ1) is 10.3. The molecule has 3 rings (SSSR count). The molecule has 1 N–H and O–H groups in total. The Morgan fingerprint density at radius 3 is 2.62 bits per heavy atom. The number of ether oxygens (including phenoxy) is 2. The third-order valence-electron chi connectivity index (χ3n) is 5.97. The molecule has 21 heavy (non-hydrogen) atoms. The van der Waals surface area contributed by atoms with Crippen LogP contribution in [-0.2, 0) is 9.47 Å². The second kappa shape index (κ2) is 7.43. The van der Waals surface area contributed by atoms with Crippen molar-refractivity contribution in [3.63, 3.8) is 0 Å². The van der Waals surface area contributed by atoms with Crippen LogP contribution in [0.15, 0.2) is 0 Å². The third kappa shape index (κ3) is 4.00. The van der Waals surface area contributed by atoms with E-state index in [2.05, 4.69) is 12.2 Å². The molecule has 3 heteroatoms. The minimum absolute atomic E-state index is 0.146. The SMILES string of the molecule is CCCNC(CC1CCC1)C1CCOC2(CCOCC2)C1. The minimum Gasteiger partial charge on any atom is -0.381 e. The Balaban J connectivity index is 1.59. The van der Waals surface area contributed by atoms with Gasteiger partial charge in [-0.3, -0.25) is 0 Å². The lowest BCUT2D eigenvalue weighted by Gasteiger charge is -2.46. The fraction of sp³-hybridized carbons (Fsp3) is 1.00. The van der Waals surface area contributed by atoms with Gasteiger partial charge in [-0.1, -0.05) is 26.2 Å². The lowest BCUT2D eigenvalue weighted by atomic mass is 9.73. The molecule has 2 aliphatic heterocycles. The average molecular weight is 295 g/mol. The van der Waals surface area contributed by atoms with E-state index in [1.807, 2.05) is 0 Å². The van der Waals surface area contributed by atoms with Crippen LogP contribution in [0.1, 0.15) is 64.7 Å². The van der Waals surface area contributed by atoms with Gasteiger partial charge in [-0.15, -0.1) is 0 Å². The van der Waals surface area contributed by atoms with E-state index in [1.165, 1.54) is 51.5 Å². The molecule has 122 valence electrons. The van der Waals surface area contributed by atoms with Gasteiger partial charge < -0.3 is 14.8 Å². The predicted molar refractivity (Wildman–Crippen MR) is 85.5 cm³/mol. The van der Waals surface area contributed by atoms with E-state index >= 15 is 0 Å². The molecular formula is C18H33NO2. The van der Waals surface area contributed by atoms with E-state index in [4.69, 9.17) is 9.47 Å². The van der Waals surface area contributed by atoms with Gasteiger partial charge in [0.2, 0.25) is 0 Å². The Bertz CT molecular complexity index is 305. The maximum atomic E-state index is 6.23. The number of nitrogens with one attached hydrogen (secondary N) is 1. The molecule has 2 saturated heterocycles. The molecule has 2 heterocycles. The van der Waals surface area contributed by atoms with Crippen molar-refractivity contribution >= 4 is 0 Å². The van der Waals surface area contributed by atoms with Crippen LogP contribution in [0.3, 0.4) is 0 Å². The number of rotatable bonds is 6. The Hall–Kier alpha value is -0.120. The smallest absolute Gasteiger partial charge is 0.0729 e. The van der Waals surface area contributed by atoms with Gasteiger partial charge in [-0.05, 0) is 56.9 Å². The first-order valence-corrected chi connectivity index (χ1v) is 9.26. The van der Waals surface area contributed by atoms with Gasteiger partial charge in [0, 0.05) is 25.9 Å². The first kappa shape index (κ1) is 15.8. The Kier molecular flexibility index (Phi) is 5.58. The zero-order valence-electron chi connectivity index (χ0n) is 13.7. The maximum Gasteiger partial charge on any atom is 0.0729 e. The lowest BCUT2D eigenvalue weighted by molar-refractivity contribution is -0.150. The zero-order valence-corrected chi connectivity index (χ0v) is 13.7. The fourth-order valence-corrected chi connectivity index (χ4v) is 4.36. The van der Waals surface area contributed by atoms with Gasteiger partial charge in [-0.25, -0.2) is 0 Å². The molecule has 3 aliphatic rings. The summed E-state index contributed by atoms with van der Waals surface area (Å²) in [6.07, 6.45) is 11.7. The summed E-state index contributed by atoms with van der Waals surface area (Å²) in [7, 11) is 0. The molecule has 2 unspecified atom stereocenters. The highest BCUT2D eigenvalue weighted by Gasteiger charge is 2.41. The van der Waals surface area contributed by atoms with Gasteiger partial charge in [0.05, 0.1) is 5.60 Å². The molecular weight excluding hydrogens is 262 g/mol. The fourth-order valence-electron chi connectivity index (χ4n) is 4.36. The van der Waals surface area contributed by atoms with Crippen LogP contribution in [0.5, 0.6) is 0 Å². The molecule has 0 aromatic rings. The maximum absolute atomic E-state index is 6.23. The van der Waals surface area contributed by atoms with Crippen molar-refractivity contribution in [1.29, 1.82) is 0 Å². The molecule has 1 spiro atoms. The van der Waals surface area contributed by atoms with Crippen LogP contribution in [0.25, 0.3) is 0 Å². The second-order valence-corrected chi connectivity index (χ2v) is 7.49. The molecule has 0 amide bonds. The van der Waals surface area contributed by atoms with Gasteiger partial charge in [-0.2, -0.15) is 0 Å². The highest BCUT2D eigenvalue weighted by molar-refractivity contribution is 4.93. The van der Waals surface area contributed by atoms with Crippen LogP contribution in [-0.4, -0.2) is 38.0 Å². The Labute approximate surface area is 130 Å². The zero-order chi connectivity index (χ0) is 14.5. The monoisotopic (exact) mass is 295 g/mol. The molecule has 3 fully saturated rings. The summed E-state index contributed by atoms with van der Waals surface area (Å²) in [5.41, 5.74) is 0.146. The van der Waals surface area contributed by atoms with Crippen LogP contribution < -0.4 is 5.32 Å². The topological polar surface area (TPSA) is 30.5 Å². The van der Waals surface area contributed by atoms with Crippen molar-refractivity contribution < 1.29 is 9.47 Å². The molecule has 0 radical (unpaired) electrons. The van der Waals surface area contributed by atoms with Crippen LogP contribution in [0.4, 0.5) is 0 Å². The molecule has 0 aromatic heterocycles. The van der Waals surface area contributed by atoms with E-state index < -0.39 is 0 Å². The van der Waals surface area contributed by atoms with E-state index in [9.17, 15) is 0 Å². The van der Waals surface area contributed by atoms with Crippen molar-refractivity contribution in [2.45, 2.75) is 76.4 Å². The van der Waals surface area contributed by atoms with Gasteiger partial charge in [0.25, 0.3) is 0 Å². The molecule has 3 nitrogen and oxygen atoms in total. The van der Waals surface area contributed by atoms with E-state index in [1.54, 1.807) is 0 Å². The summed E-state index contributed by atoms with van der Waals surface area (Å²) < 4.78 is 11.8. The third-order valence-corrected chi connectivity index (χ3v) is 5.97. The summed E-state index contributed by atoms with van der Waals surface area (Å²) in [5, 5.41) is 3.87. The molecule has 0 aromatic carbocycles. The van der Waals surface area contributed by atoms with E-state index in [0.29, 0.717) is 0 Å². The Morgan fingerprint density at radius 1 is 1.14 bits per heavy atom. The van der Waals surface area contributed by atoms with Crippen LogP contribution in [0, 0.1) is 11.8 Å². The second-order valence-electron chi connectivity index (χ2n) is 7.49. The van der Waals surface area contributed by atoms with Crippen molar-refractivity contribution in [3.05, 3.63) is 0 Å². The number of hydrogen-bond acceptors (Lipinski definition) is 3. The standard InChI is InChI=1S/C18H33NO2/c1-2-9-19-17(13-15-4-3-5-15)16-6-10-21-18(14-16)7-11-20-12-8-18/h15-17,19H,2-14H2,1H3.